The number of anilines is 1. The van der Waals surface area contributed by atoms with Crippen molar-refractivity contribution in [1.82, 2.24) is 14.8 Å². The van der Waals surface area contributed by atoms with Crippen LogP contribution in [0.5, 0.6) is 0 Å². The molecular weight excluding hydrogens is 208 g/mol. The molecule has 0 spiro atoms. The van der Waals surface area contributed by atoms with Crippen molar-refractivity contribution in [2.45, 2.75) is 32.7 Å². The summed E-state index contributed by atoms with van der Waals surface area (Å²) in [4.78, 5) is 13.1. The summed E-state index contributed by atoms with van der Waals surface area (Å²) in [6, 6.07) is 0.0525. The molecule has 0 aromatic carbocycles. The summed E-state index contributed by atoms with van der Waals surface area (Å²) < 4.78 is 1.69. The lowest BCUT2D eigenvalue weighted by atomic mass is 10.3. The molecule has 0 aliphatic carbocycles. The zero-order valence-corrected chi connectivity index (χ0v) is 9.55. The zero-order valence-electron chi connectivity index (χ0n) is 9.55. The third-order valence-corrected chi connectivity index (χ3v) is 2.77. The molecule has 2 heterocycles. The Bertz CT molecular complexity index is 394. The number of rotatable bonds is 3. The van der Waals surface area contributed by atoms with Crippen LogP contribution in [-0.4, -0.2) is 38.9 Å². The van der Waals surface area contributed by atoms with E-state index in [1.165, 1.54) is 0 Å². The summed E-state index contributed by atoms with van der Waals surface area (Å²) in [6.45, 7) is 5.75. The molecule has 1 aliphatic heterocycles. The number of carboxylic acid groups (broad SMARTS) is 1. The van der Waals surface area contributed by atoms with Gasteiger partial charge in [0.2, 0.25) is 11.8 Å². The summed E-state index contributed by atoms with van der Waals surface area (Å²) in [6.07, 6.45) is 2.26. The number of carbonyl (C=O) groups is 1. The smallest absolute Gasteiger partial charge is 0.374 e. The molecule has 0 saturated carbocycles. The summed E-state index contributed by atoms with van der Waals surface area (Å²) in [5.41, 5.74) is 0. The van der Waals surface area contributed by atoms with Crippen LogP contribution in [0.2, 0.25) is 0 Å². The van der Waals surface area contributed by atoms with Gasteiger partial charge in [0.1, 0.15) is 0 Å². The quantitative estimate of drug-likeness (QED) is 0.834. The normalized spacial score (nSPS) is 16.1. The molecule has 16 heavy (non-hydrogen) atoms. The zero-order chi connectivity index (χ0) is 11.7. The Balaban J connectivity index is 2.40. The predicted molar refractivity (Wildman–Crippen MR) is 58.8 cm³/mol. The predicted octanol–water partition coefficient (Wildman–Crippen LogP) is 1.16. The van der Waals surface area contributed by atoms with Crippen LogP contribution < -0.4 is 4.90 Å². The number of aromatic nitrogens is 3. The summed E-state index contributed by atoms with van der Waals surface area (Å²) in [7, 11) is 0. The molecule has 2 rings (SSSR count). The third-order valence-electron chi connectivity index (χ3n) is 2.77. The Hall–Kier alpha value is -1.59. The Morgan fingerprint density at radius 3 is 2.44 bits per heavy atom. The van der Waals surface area contributed by atoms with E-state index in [1.54, 1.807) is 4.57 Å². The second-order valence-electron chi connectivity index (χ2n) is 4.29. The first-order valence-corrected chi connectivity index (χ1v) is 5.54. The highest BCUT2D eigenvalue weighted by Gasteiger charge is 2.25. The molecule has 1 aliphatic rings. The van der Waals surface area contributed by atoms with E-state index in [2.05, 4.69) is 15.1 Å². The molecular formula is C10H16N4O2. The van der Waals surface area contributed by atoms with Crippen molar-refractivity contribution in [3.05, 3.63) is 5.82 Å². The van der Waals surface area contributed by atoms with Crippen LogP contribution in [-0.2, 0) is 0 Å². The molecule has 1 aromatic rings. The fraction of sp³-hybridized carbons (Fsp3) is 0.700. The minimum absolute atomic E-state index is 0.0249. The van der Waals surface area contributed by atoms with Crippen LogP contribution >= 0.6 is 0 Å². The van der Waals surface area contributed by atoms with E-state index >= 15 is 0 Å². The van der Waals surface area contributed by atoms with E-state index in [4.69, 9.17) is 5.11 Å². The van der Waals surface area contributed by atoms with Crippen LogP contribution in [0, 0.1) is 0 Å². The number of hydrogen-bond acceptors (Lipinski definition) is 4. The van der Waals surface area contributed by atoms with Crippen molar-refractivity contribution in [3.63, 3.8) is 0 Å². The Morgan fingerprint density at radius 2 is 1.94 bits per heavy atom. The second-order valence-corrected chi connectivity index (χ2v) is 4.29. The molecule has 1 saturated heterocycles. The lowest BCUT2D eigenvalue weighted by molar-refractivity contribution is 0.0676. The van der Waals surface area contributed by atoms with Crippen LogP contribution in [0.3, 0.4) is 0 Å². The molecule has 0 amide bonds. The van der Waals surface area contributed by atoms with Crippen molar-refractivity contribution in [1.29, 1.82) is 0 Å². The Labute approximate surface area is 93.9 Å². The van der Waals surface area contributed by atoms with Crippen LogP contribution in [0.15, 0.2) is 0 Å². The van der Waals surface area contributed by atoms with Crippen molar-refractivity contribution < 1.29 is 9.90 Å². The van der Waals surface area contributed by atoms with Gasteiger partial charge in [0.15, 0.2) is 0 Å². The van der Waals surface area contributed by atoms with Crippen LogP contribution in [0.1, 0.15) is 43.3 Å². The standard InChI is InChI=1S/C10H16N4O2/c1-7(2)14-8(9(15)16)11-12-10(14)13-5-3-4-6-13/h7H,3-6H2,1-2H3,(H,15,16). The third kappa shape index (κ3) is 1.75. The largest absolute Gasteiger partial charge is 0.475 e. The molecule has 6 nitrogen and oxygen atoms in total. The van der Waals surface area contributed by atoms with Crippen molar-refractivity contribution in [2.75, 3.05) is 18.0 Å². The maximum Gasteiger partial charge on any atom is 0.374 e. The maximum atomic E-state index is 11.0. The van der Waals surface area contributed by atoms with Crippen molar-refractivity contribution >= 4 is 11.9 Å². The van der Waals surface area contributed by atoms with Gasteiger partial charge >= 0.3 is 5.97 Å². The van der Waals surface area contributed by atoms with Gasteiger partial charge in [0.25, 0.3) is 0 Å². The molecule has 0 unspecified atom stereocenters. The lowest BCUT2D eigenvalue weighted by Gasteiger charge is -2.19. The van der Waals surface area contributed by atoms with Gasteiger partial charge in [-0.05, 0) is 26.7 Å². The average Bonchev–Trinajstić information content (AvgIpc) is 2.85. The van der Waals surface area contributed by atoms with E-state index in [-0.39, 0.29) is 11.9 Å². The highest BCUT2D eigenvalue weighted by Crippen LogP contribution is 2.22. The van der Waals surface area contributed by atoms with E-state index in [1.807, 2.05) is 13.8 Å². The highest BCUT2D eigenvalue weighted by atomic mass is 16.4. The molecule has 0 radical (unpaired) electrons. The summed E-state index contributed by atoms with van der Waals surface area (Å²) in [5, 5.41) is 16.8. The molecule has 88 valence electrons. The van der Waals surface area contributed by atoms with Gasteiger partial charge in [-0.1, -0.05) is 0 Å². The highest BCUT2D eigenvalue weighted by molar-refractivity contribution is 5.84. The monoisotopic (exact) mass is 224 g/mol. The topological polar surface area (TPSA) is 71.2 Å². The number of carboxylic acids is 1. The molecule has 1 N–H and O–H groups in total. The van der Waals surface area contributed by atoms with E-state index in [0.717, 1.165) is 25.9 Å². The maximum absolute atomic E-state index is 11.0. The number of aromatic carboxylic acids is 1. The van der Waals surface area contributed by atoms with Gasteiger partial charge in [-0.25, -0.2) is 4.79 Å². The Kier molecular flexibility index (Phi) is 2.80. The van der Waals surface area contributed by atoms with Gasteiger partial charge in [-0.2, -0.15) is 0 Å². The van der Waals surface area contributed by atoms with E-state index in [0.29, 0.717) is 5.95 Å². The van der Waals surface area contributed by atoms with Gasteiger partial charge in [-0.3, -0.25) is 4.57 Å². The minimum Gasteiger partial charge on any atom is -0.475 e. The SMILES string of the molecule is CC(C)n1c(C(=O)O)nnc1N1CCCC1. The fourth-order valence-electron chi connectivity index (χ4n) is 2.04. The molecule has 6 heteroatoms. The molecule has 1 aromatic heterocycles. The molecule has 0 atom stereocenters. The van der Waals surface area contributed by atoms with Gasteiger partial charge in [0, 0.05) is 19.1 Å². The number of nitrogens with zero attached hydrogens (tertiary/aromatic N) is 4. The van der Waals surface area contributed by atoms with Crippen LogP contribution in [0.4, 0.5) is 5.95 Å². The molecule has 1 fully saturated rings. The van der Waals surface area contributed by atoms with Gasteiger partial charge in [0.05, 0.1) is 0 Å². The van der Waals surface area contributed by atoms with Crippen molar-refractivity contribution in [2.24, 2.45) is 0 Å². The van der Waals surface area contributed by atoms with Crippen molar-refractivity contribution in [3.8, 4) is 0 Å². The molecule has 0 bridgehead atoms. The first kappa shape index (κ1) is 10.9. The second kappa shape index (κ2) is 4.11. The lowest BCUT2D eigenvalue weighted by Crippen LogP contribution is -2.24. The fourth-order valence-corrected chi connectivity index (χ4v) is 2.04. The first-order chi connectivity index (χ1) is 7.61. The van der Waals surface area contributed by atoms with E-state index < -0.39 is 5.97 Å². The van der Waals surface area contributed by atoms with E-state index in [9.17, 15) is 4.79 Å². The van der Waals surface area contributed by atoms with Crippen LogP contribution in [0.25, 0.3) is 0 Å². The number of hydrogen-bond donors (Lipinski definition) is 1. The first-order valence-electron chi connectivity index (χ1n) is 5.54. The average molecular weight is 224 g/mol. The Morgan fingerprint density at radius 1 is 1.31 bits per heavy atom. The minimum atomic E-state index is -1.02. The summed E-state index contributed by atoms with van der Waals surface area (Å²) in [5.74, 6) is -0.312. The van der Waals surface area contributed by atoms with Gasteiger partial charge < -0.3 is 10.0 Å². The summed E-state index contributed by atoms with van der Waals surface area (Å²) >= 11 is 0. The van der Waals surface area contributed by atoms with Gasteiger partial charge in [-0.15, -0.1) is 10.2 Å².